The molecule has 1 unspecified atom stereocenters. The number of benzene rings is 2. The van der Waals surface area contributed by atoms with E-state index in [2.05, 4.69) is 31.3 Å². The van der Waals surface area contributed by atoms with Crippen LogP contribution in [0, 0.1) is 5.41 Å². The zero-order chi connectivity index (χ0) is 14.3. The van der Waals surface area contributed by atoms with Crippen molar-refractivity contribution in [3.8, 4) is 0 Å². The molecule has 2 aromatic carbocycles. The number of nitrogens with one attached hydrogen (secondary N) is 1. The smallest absolute Gasteiger partial charge is 0.0571 e. The van der Waals surface area contributed by atoms with Crippen molar-refractivity contribution in [2.24, 2.45) is 5.41 Å². The van der Waals surface area contributed by atoms with Gasteiger partial charge in [-0.15, -0.1) is 0 Å². The predicted molar refractivity (Wildman–Crippen MR) is 86.8 cm³/mol. The Morgan fingerprint density at radius 3 is 2.35 bits per heavy atom. The molecule has 0 saturated heterocycles. The van der Waals surface area contributed by atoms with Crippen molar-refractivity contribution < 1.29 is 0 Å². The highest BCUT2D eigenvalue weighted by Gasteiger charge is 2.38. The lowest BCUT2D eigenvalue weighted by Gasteiger charge is -2.29. The largest absolute Gasteiger partial charge is 0.378 e. The van der Waals surface area contributed by atoms with Gasteiger partial charge in [-0.2, -0.15) is 0 Å². The van der Waals surface area contributed by atoms with Gasteiger partial charge in [-0.1, -0.05) is 43.1 Å². The molecule has 0 bridgehead atoms. The average molecular weight is 306 g/mol. The van der Waals surface area contributed by atoms with Crippen LogP contribution in [0.5, 0.6) is 0 Å². The minimum atomic E-state index is 0.159. The van der Waals surface area contributed by atoms with Gasteiger partial charge in [-0.05, 0) is 59.4 Å². The van der Waals surface area contributed by atoms with Crippen LogP contribution in [0.2, 0.25) is 10.0 Å². The van der Waals surface area contributed by atoms with E-state index in [0.717, 1.165) is 22.2 Å². The van der Waals surface area contributed by atoms with E-state index in [-0.39, 0.29) is 11.5 Å². The van der Waals surface area contributed by atoms with Crippen molar-refractivity contribution in [3.05, 3.63) is 63.6 Å². The van der Waals surface area contributed by atoms with Crippen LogP contribution in [0.1, 0.15) is 31.0 Å². The summed E-state index contributed by atoms with van der Waals surface area (Å²) < 4.78 is 0. The molecule has 1 N–H and O–H groups in total. The maximum Gasteiger partial charge on any atom is 0.0571 e. The molecule has 0 heterocycles. The maximum absolute atomic E-state index is 6.16. The van der Waals surface area contributed by atoms with Crippen molar-refractivity contribution in [2.45, 2.75) is 26.3 Å². The zero-order valence-corrected chi connectivity index (χ0v) is 13.1. The summed E-state index contributed by atoms with van der Waals surface area (Å²) in [5.41, 5.74) is 3.93. The van der Waals surface area contributed by atoms with Crippen molar-refractivity contribution in [3.63, 3.8) is 0 Å². The Morgan fingerprint density at radius 2 is 1.65 bits per heavy atom. The second-order valence-corrected chi connectivity index (χ2v) is 6.97. The highest BCUT2D eigenvalue weighted by molar-refractivity contribution is 6.31. The van der Waals surface area contributed by atoms with Gasteiger partial charge in [-0.25, -0.2) is 0 Å². The molecule has 2 aromatic rings. The molecule has 1 aliphatic carbocycles. The van der Waals surface area contributed by atoms with Crippen molar-refractivity contribution in [2.75, 3.05) is 5.32 Å². The molecule has 0 radical (unpaired) electrons. The third kappa shape index (κ3) is 2.53. The van der Waals surface area contributed by atoms with E-state index in [1.807, 2.05) is 30.3 Å². The first kappa shape index (κ1) is 13.8. The Hall–Kier alpha value is -1.18. The Balaban J connectivity index is 1.95. The first-order chi connectivity index (χ1) is 9.45. The van der Waals surface area contributed by atoms with Crippen LogP contribution in [-0.4, -0.2) is 0 Å². The Labute approximate surface area is 129 Å². The van der Waals surface area contributed by atoms with Gasteiger partial charge in [-0.3, -0.25) is 0 Å². The number of rotatable bonds is 2. The zero-order valence-electron chi connectivity index (χ0n) is 11.6. The van der Waals surface area contributed by atoms with Gasteiger partial charge >= 0.3 is 0 Å². The average Bonchev–Trinajstić information content (AvgIpc) is 2.63. The minimum absolute atomic E-state index is 0.159. The third-order valence-corrected chi connectivity index (χ3v) is 4.49. The predicted octanol–water partition coefficient (Wildman–Crippen LogP) is 5.73. The maximum atomic E-state index is 6.16. The first-order valence-electron chi connectivity index (χ1n) is 6.76. The van der Waals surface area contributed by atoms with Crippen molar-refractivity contribution in [1.29, 1.82) is 0 Å². The van der Waals surface area contributed by atoms with Crippen LogP contribution in [0.4, 0.5) is 5.69 Å². The molecule has 1 atom stereocenters. The lowest BCUT2D eigenvalue weighted by atomic mass is 9.85. The lowest BCUT2D eigenvalue weighted by Crippen LogP contribution is -2.24. The van der Waals surface area contributed by atoms with Crippen LogP contribution < -0.4 is 5.32 Å². The lowest BCUT2D eigenvalue weighted by molar-refractivity contribution is 0.337. The van der Waals surface area contributed by atoms with E-state index in [9.17, 15) is 0 Å². The van der Waals surface area contributed by atoms with Crippen molar-refractivity contribution >= 4 is 28.9 Å². The van der Waals surface area contributed by atoms with Crippen molar-refractivity contribution in [1.82, 2.24) is 0 Å². The number of halogens is 2. The van der Waals surface area contributed by atoms with Gasteiger partial charge in [0.05, 0.1) is 6.04 Å². The van der Waals surface area contributed by atoms with Crippen LogP contribution in [0.3, 0.4) is 0 Å². The van der Waals surface area contributed by atoms with Crippen LogP contribution in [0.15, 0.2) is 42.5 Å². The third-order valence-electron chi connectivity index (χ3n) is 4.00. The van der Waals surface area contributed by atoms with E-state index < -0.39 is 0 Å². The van der Waals surface area contributed by atoms with E-state index in [1.54, 1.807) is 0 Å². The van der Waals surface area contributed by atoms with E-state index in [4.69, 9.17) is 23.2 Å². The normalized spacial score (nSPS) is 19.7. The highest BCUT2D eigenvalue weighted by Crippen LogP contribution is 2.47. The molecule has 0 saturated carbocycles. The van der Waals surface area contributed by atoms with Gasteiger partial charge in [0, 0.05) is 15.7 Å². The Kier molecular flexibility index (Phi) is 3.43. The van der Waals surface area contributed by atoms with Crippen LogP contribution >= 0.6 is 23.2 Å². The topological polar surface area (TPSA) is 12.0 Å². The first-order valence-corrected chi connectivity index (χ1v) is 7.52. The SMILES string of the molecule is CC1(C)Cc2ccc(Cl)cc2C1Nc1ccc(Cl)cc1. The Bertz CT molecular complexity index is 632. The molecule has 0 fully saturated rings. The number of fused-ring (bicyclic) bond motifs is 1. The molecule has 3 rings (SSSR count). The summed E-state index contributed by atoms with van der Waals surface area (Å²) in [5, 5.41) is 5.17. The molecule has 20 heavy (non-hydrogen) atoms. The van der Waals surface area contributed by atoms with Gasteiger partial charge < -0.3 is 5.32 Å². The minimum Gasteiger partial charge on any atom is -0.378 e. The summed E-state index contributed by atoms with van der Waals surface area (Å²) in [6.07, 6.45) is 1.06. The van der Waals surface area contributed by atoms with Gasteiger partial charge in [0.2, 0.25) is 0 Å². The molecule has 0 amide bonds. The number of hydrogen-bond acceptors (Lipinski definition) is 1. The summed E-state index contributed by atoms with van der Waals surface area (Å²) >= 11 is 12.1. The summed E-state index contributed by atoms with van der Waals surface area (Å²) in [6, 6.07) is 14.3. The van der Waals surface area contributed by atoms with Gasteiger partial charge in [0.15, 0.2) is 0 Å². The molecule has 1 nitrogen and oxygen atoms in total. The summed E-state index contributed by atoms with van der Waals surface area (Å²) in [5.74, 6) is 0. The standard InChI is InChI=1S/C17H17Cl2N/c1-17(2)10-11-3-4-13(19)9-15(11)16(17)20-14-7-5-12(18)6-8-14/h3-9,16,20H,10H2,1-2H3. The quantitative estimate of drug-likeness (QED) is 0.747. The summed E-state index contributed by atoms with van der Waals surface area (Å²) in [6.45, 7) is 4.57. The fraction of sp³-hybridized carbons (Fsp3) is 0.294. The van der Waals surface area contributed by atoms with Crippen LogP contribution in [0.25, 0.3) is 0 Å². The fourth-order valence-corrected chi connectivity index (χ4v) is 3.30. The van der Waals surface area contributed by atoms with Gasteiger partial charge in [0.1, 0.15) is 0 Å². The Morgan fingerprint density at radius 1 is 1.00 bits per heavy atom. The number of anilines is 1. The molecule has 0 spiro atoms. The van der Waals surface area contributed by atoms with E-state index >= 15 is 0 Å². The van der Waals surface area contributed by atoms with Gasteiger partial charge in [0.25, 0.3) is 0 Å². The second kappa shape index (κ2) is 4.98. The second-order valence-electron chi connectivity index (χ2n) is 6.09. The molecule has 0 aliphatic heterocycles. The molecule has 3 heteroatoms. The summed E-state index contributed by atoms with van der Waals surface area (Å²) in [7, 11) is 0. The monoisotopic (exact) mass is 305 g/mol. The molecule has 0 aromatic heterocycles. The van der Waals surface area contributed by atoms with E-state index in [0.29, 0.717) is 0 Å². The fourth-order valence-electron chi connectivity index (χ4n) is 3.00. The molecule has 104 valence electrons. The highest BCUT2D eigenvalue weighted by atomic mass is 35.5. The number of hydrogen-bond donors (Lipinski definition) is 1. The molecular formula is C17H17Cl2N. The molecular weight excluding hydrogens is 289 g/mol. The van der Waals surface area contributed by atoms with Crippen LogP contribution in [-0.2, 0) is 6.42 Å². The van der Waals surface area contributed by atoms with E-state index in [1.165, 1.54) is 11.1 Å². The summed E-state index contributed by atoms with van der Waals surface area (Å²) in [4.78, 5) is 0. The molecule has 1 aliphatic rings.